The number of hydrogen-bond acceptors (Lipinski definition) is 5. The van der Waals surface area contributed by atoms with Gasteiger partial charge in [-0.1, -0.05) is 36.9 Å². The van der Waals surface area contributed by atoms with Crippen LogP contribution in [0, 0.1) is 0 Å². The van der Waals surface area contributed by atoms with Gasteiger partial charge in [0.1, 0.15) is 5.75 Å². The average Bonchev–Trinajstić information content (AvgIpc) is 2.54. The van der Waals surface area contributed by atoms with Gasteiger partial charge in [0, 0.05) is 11.5 Å². The molecule has 0 aliphatic rings. The Labute approximate surface area is 146 Å². The van der Waals surface area contributed by atoms with Gasteiger partial charge in [-0.3, -0.25) is 4.79 Å². The van der Waals surface area contributed by atoms with Crippen molar-refractivity contribution in [1.82, 2.24) is 4.72 Å². The first-order valence-corrected chi connectivity index (χ1v) is 8.50. The van der Waals surface area contributed by atoms with Gasteiger partial charge in [-0.2, -0.15) is 21.6 Å². The maximum absolute atomic E-state index is 12.3. The standard InChI is InChI=1S/C16H12F3NO5S/c1-2-15(22)25-13-8-4-6-11-10(5-3-7-12(11)13)9-14(21)20-26(23,24)16(17,18)19/h2-8H,1,9H2,(H,20,21). The molecule has 0 saturated heterocycles. The predicted octanol–water partition coefficient (Wildman–Crippen LogP) is 2.44. The van der Waals surface area contributed by atoms with Crippen molar-refractivity contribution < 1.29 is 35.9 Å². The van der Waals surface area contributed by atoms with E-state index in [4.69, 9.17) is 4.74 Å². The summed E-state index contributed by atoms with van der Waals surface area (Å²) in [4.78, 5) is 23.1. The lowest BCUT2D eigenvalue weighted by atomic mass is 10.0. The Balaban J connectivity index is 2.34. The Morgan fingerprint density at radius 2 is 1.73 bits per heavy atom. The summed E-state index contributed by atoms with van der Waals surface area (Å²) in [6, 6.07) is 9.08. The first-order chi connectivity index (χ1) is 12.0. The van der Waals surface area contributed by atoms with Crippen LogP contribution in [0.15, 0.2) is 49.1 Å². The molecule has 1 amide bonds. The molecule has 0 radical (unpaired) electrons. The first kappa shape index (κ1) is 19.4. The Kier molecular flexibility index (Phi) is 5.36. The summed E-state index contributed by atoms with van der Waals surface area (Å²) in [7, 11) is -5.78. The van der Waals surface area contributed by atoms with Gasteiger partial charge in [-0.25, -0.2) is 9.52 Å². The van der Waals surface area contributed by atoms with E-state index >= 15 is 0 Å². The molecule has 2 rings (SSSR count). The molecule has 0 atom stereocenters. The molecule has 2 aromatic rings. The van der Waals surface area contributed by atoms with Gasteiger partial charge in [-0.15, -0.1) is 0 Å². The number of carbonyl (C=O) groups is 2. The number of halogens is 3. The summed E-state index contributed by atoms with van der Waals surface area (Å²) < 4.78 is 65.0. The molecule has 6 nitrogen and oxygen atoms in total. The lowest BCUT2D eigenvalue weighted by molar-refractivity contribution is -0.128. The maximum atomic E-state index is 12.3. The highest BCUT2D eigenvalue weighted by Gasteiger charge is 2.46. The summed E-state index contributed by atoms with van der Waals surface area (Å²) in [5.41, 5.74) is -5.33. The van der Waals surface area contributed by atoms with E-state index in [2.05, 4.69) is 6.58 Å². The average molecular weight is 387 g/mol. The van der Waals surface area contributed by atoms with Crippen LogP contribution in [-0.2, 0) is 26.0 Å². The second-order valence-electron chi connectivity index (χ2n) is 5.04. The molecule has 1 N–H and O–H groups in total. The van der Waals surface area contributed by atoms with E-state index in [9.17, 15) is 31.2 Å². The molecule has 2 aromatic carbocycles. The molecule has 138 valence electrons. The number of amides is 1. The molecule has 0 saturated carbocycles. The second kappa shape index (κ2) is 7.16. The van der Waals surface area contributed by atoms with Crippen LogP contribution in [0.3, 0.4) is 0 Å². The number of benzene rings is 2. The molecular weight excluding hydrogens is 375 g/mol. The van der Waals surface area contributed by atoms with Crippen LogP contribution in [-0.4, -0.2) is 25.8 Å². The Morgan fingerprint density at radius 3 is 2.35 bits per heavy atom. The minimum absolute atomic E-state index is 0.164. The molecule has 26 heavy (non-hydrogen) atoms. The summed E-state index contributed by atoms with van der Waals surface area (Å²) in [5.74, 6) is -1.89. The first-order valence-electron chi connectivity index (χ1n) is 7.02. The molecule has 0 fully saturated rings. The number of fused-ring (bicyclic) bond motifs is 1. The number of rotatable bonds is 5. The number of nitrogens with one attached hydrogen (secondary N) is 1. The van der Waals surface area contributed by atoms with E-state index in [1.807, 2.05) is 0 Å². The maximum Gasteiger partial charge on any atom is 0.516 e. The van der Waals surface area contributed by atoms with Gasteiger partial charge in [0.05, 0.1) is 6.42 Å². The van der Waals surface area contributed by atoms with Crippen molar-refractivity contribution in [2.45, 2.75) is 11.9 Å². The zero-order chi connectivity index (χ0) is 19.5. The number of alkyl halides is 3. The molecule has 0 aliphatic heterocycles. The quantitative estimate of drug-likeness (QED) is 0.484. The highest BCUT2D eigenvalue weighted by Crippen LogP contribution is 2.29. The van der Waals surface area contributed by atoms with Gasteiger partial charge < -0.3 is 4.74 Å². The third-order valence-electron chi connectivity index (χ3n) is 3.25. The largest absolute Gasteiger partial charge is 0.516 e. The third-order valence-corrected chi connectivity index (χ3v) is 4.36. The van der Waals surface area contributed by atoms with E-state index in [0.717, 1.165) is 10.8 Å². The number of hydrogen-bond donors (Lipinski definition) is 1. The van der Waals surface area contributed by atoms with E-state index in [-0.39, 0.29) is 11.3 Å². The highest BCUT2D eigenvalue weighted by atomic mass is 32.2. The van der Waals surface area contributed by atoms with E-state index in [1.54, 1.807) is 12.1 Å². The number of esters is 1. The number of ether oxygens (including phenoxy) is 1. The fourth-order valence-corrected chi connectivity index (χ4v) is 2.64. The Bertz CT molecular complexity index is 983. The topological polar surface area (TPSA) is 89.5 Å². The monoisotopic (exact) mass is 387 g/mol. The van der Waals surface area contributed by atoms with Gasteiger partial charge in [0.2, 0.25) is 5.91 Å². The lowest BCUT2D eigenvalue weighted by Gasteiger charge is -2.12. The fourth-order valence-electron chi connectivity index (χ4n) is 2.16. The molecule has 0 aromatic heterocycles. The van der Waals surface area contributed by atoms with Crippen LogP contribution >= 0.6 is 0 Å². The number of sulfonamides is 1. The van der Waals surface area contributed by atoms with E-state index in [0.29, 0.717) is 10.8 Å². The van der Waals surface area contributed by atoms with Crippen molar-refractivity contribution in [1.29, 1.82) is 0 Å². The van der Waals surface area contributed by atoms with Crippen LogP contribution < -0.4 is 9.46 Å². The van der Waals surface area contributed by atoms with Gasteiger partial charge in [0.25, 0.3) is 0 Å². The minimum atomic E-state index is -5.78. The summed E-state index contributed by atoms with van der Waals surface area (Å²) in [6.07, 6.45) is 0.337. The molecule has 0 aliphatic carbocycles. The van der Waals surface area contributed by atoms with E-state index in [1.165, 1.54) is 24.3 Å². The Morgan fingerprint density at radius 1 is 1.12 bits per heavy atom. The molecule has 0 unspecified atom stereocenters. The number of carbonyl (C=O) groups excluding carboxylic acids is 2. The second-order valence-corrected chi connectivity index (χ2v) is 6.72. The smallest absolute Gasteiger partial charge is 0.423 e. The predicted molar refractivity (Wildman–Crippen MR) is 86.6 cm³/mol. The van der Waals surface area contributed by atoms with Crippen LogP contribution in [0.25, 0.3) is 10.8 Å². The molecule has 0 bridgehead atoms. The summed E-state index contributed by atoms with van der Waals surface area (Å²) in [6.45, 7) is 3.27. The van der Waals surface area contributed by atoms with Crippen molar-refractivity contribution in [3.05, 3.63) is 54.6 Å². The van der Waals surface area contributed by atoms with Crippen molar-refractivity contribution in [3.63, 3.8) is 0 Å². The Hall–Kier alpha value is -2.88. The van der Waals surface area contributed by atoms with E-state index < -0.39 is 33.8 Å². The molecular formula is C16H12F3NO5S. The van der Waals surface area contributed by atoms with Crippen LogP contribution in [0.4, 0.5) is 13.2 Å². The fraction of sp³-hybridized carbons (Fsp3) is 0.125. The van der Waals surface area contributed by atoms with Crippen molar-refractivity contribution in [2.75, 3.05) is 0 Å². The van der Waals surface area contributed by atoms with Gasteiger partial charge in [0.15, 0.2) is 0 Å². The minimum Gasteiger partial charge on any atom is -0.423 e. The van der Waals surface area contributed by atoms with Crippen LogP contribution in [0.1, 0.15) is 5.56 Å². The van der Waals surface area contributed by atoms with Crippen molar-refractivity contribution in [3.8, 4) is 5.75 Å². The SMILES string of the molecule is C=CC(=O)Oc1cccc2c(CC(=O)NS(=O)(=O)C(F)(F)F)cccc12. The van der Waals surface area contributed by atoms with Crippen LogP contribution in [0.5, 0.6) is 5.75 Å². The summed E-state index contributed by atoms with van der Waals surface area (Å²) in [5, 5.41) is 0.841. The zero-order valence-corrected chi connectivity index (χ0v) is 13.9. The normalized spacial score (nSPS) is 11.8. The molecule has 0 heterocycles. The van der Waals surface area contributed by atoms with Gasteiger partial charge in [-0.05, 0) is 17.0 Å². The van der Waals surface area contributed by atoms with Crippen LogP contribution in [0.2, 0.25) is 0 Å². The molecule has 10 heteroatoms. The molecule has 0 spiro atoms. The lowest BCUT2D eigenvalue weighted by Crippen LogP contribution is -2.40. The van der Waals surface area contributed by atoms with Crippen molar-refractivity contribution in [2.24, 2.45) is 0 Å². The highest BCUT2D eigenvalue weighted by molar-refractivity contribution is 7.90. The van der Waals surface area contributed by atoms with Gasteiger partial charge >= 0.3 is 21.5 Å². The van der Waals surface area contributed by atoms with Crippen molar-refractivity contribution >= 4 is 32.7 Å². The summed E-state index contributed by atoms with van der Waals surface area (Å²) >= 11 is 0. The third kappa shape index (κ3) is 4.20. The zero-order valence-electron chi connectivity index (χ0n) is 13.0.